The molecule has 0 aliphatic heterocycles. The number of halogens is 2. The van der Waals surface area contributed by atoms with Crippen molar-refractivity contribution in [2.24, 2.45) is 0 Å². The highest BCUT2D eigenvalue weighted by atomic mass is 32.2. The summed E-state index contributed by atoms with van der Waals surface area (Å²) in [5.41, 5.74) is 1.33. The van der Waals surface area contributed by atoms with Crippen molar-refractivity contribution in [1.82, 2.24) is 9.55 Å². The molecule has 0 saturated carbocycles. The minimum absolute atomic E-state index is 0.258. The van der Waals surface area contributed by atoms with Gasteiger partial charge in [0.25, 0.3) is 0 Å². The Labute approximate surface area is 201 Å². The number of benzene rings is 2. The number of ether oxygens (including phenoxy) is 1. The zero-order valence-electron chi connectivity index (χ0n) is 19.4. The number of aromatic nitrogens is 2. The molecule has 4 aromatic rings. The summed E-state index contributed by atoms with van der Waals surface area (Å²) in [6, 6.07) is 14.8. The van der Waals surface area contributed by atoms with Crippen LogP contribution in [0.5, 0.6) is 0 Å². The number of fused-ring (bicyclic) bond motifs is 1. The van der Waals surface area contributed by atoms with Gasteiger partial charge in [-0.2, -0.15) is 0 Å². The molecular formula is C26H25F2N3O2S. The molecule has 2 aromatic carbocycles. The van der Waals surface area contributed by atoms with E-state index in [9.17, 15) is 13.6 Å². The lowest BCUT2D eigenvalue weighted by Gasteiger charge is -2.24. The first kappa shape index (κ1) is 23.8. The van der Waals surface area contributed by atoms with Crippen LogP contribution in [0.1, 0.15) is 26.3 Å². The number of amides is 1. The van der Waals surface area contributed by atoms with Crippen LogP contribution in [-0.2, 0) is 11.3 Å². The number of carbonyl (C=O) groups excluding carboxylic acids is 1. The summed E-state index contributed by atoms with van der Waals surface area (Å²) in [5.74, 6) is -1.25. The van der Waals surface area contributed by atoms with Gasteiger partial charge in [0.05, 0.1) is 5.52 Å². The van der Waals surface area contributed by atoms with E-state index < -0.39 is 23.3 Å². The van der Waals surface area contributed by atoms with Gasteiger partial charge < -0.3 is 9.30 Å². The average Bonchev–Trinajstić information content (AvgIpc) is 3.08. The molecule has 0 atom stereocenters. The Balaban J connectivity index is 1.76. The second-order valence-electron chi connectivity index (χ2n) is 8.91. The van der Waals surface area contributed by atoms with Crippen LogP contribution in [0.25, 0.3) is 10.9 Å². The van der Waals surface area contributed by atoms with Gasteiger partial charge in [0.1, 0.15) is 22.3 Å². The monoisotopic (exact) mass is 481 g/mol. The normalized spacial score (nSPS) is 11.6. The molecule has 0 radical (unpaired) electrons. The maximum Gasteiger partial charge on any atom is 0.414 e. The van der Waals surface area contributed by atoms with Crippen molar-refractivity contribution in [2.75, 3.05) is 11.9 Å². The third-order valence-electron chi connectivity index (χ3n) is 5.01. The predicted molar refractivity (Wildman–Crippen MR) is 130 cm³/mol. The molecule has 0 N–H and O–H groups in total. The molecule has 0 saturated heterocycles. The fourth-order valence-corrected chi connectivity index (χ4v) is 4.47. The van der Waals surface area contributed by atoms with Gasteiger partial charge in [-0.25, -0.2) is 18.6 Å². The van der Waals surface area contributed by atoms with Crippen LogP contribution >= 0.6 is 11.8 Å². The Hall–Kier alpha value is -3.39. The van der Waals surface area contributed by atoms with Gasteiger partial charge in [-0.15, -0.1) is 0 Å². The van der Waals surface area contributed by atoms with E-state index in [0.717, 1.165) is 26.9 Å². The van der Waals surface area contributed by atoms with Crippen LogP contribution in [0.15, 0.2) is 76.9 Å². The average molecular weight is 482 g/mol. The van der Waals surface area contributed by atoms with Crippen LogP contribution in [0.3, 0.4) is 0 Å². The molecule has 2 heterocycles. The SMILES string of the molecule is CN(C(=O)OC(C)(C)C)c1ccc2c(Sc3ccccn3)cn(Cc3cc(F)cc(F)c3)c2c1. The molecule has 34 heavy (non-hydrogen) atoms. The summed E-state index contributed by atoms with van der Waals surface area (Å²) in [5, 5.41) is 1.77. The zero-order valence-corrected chi connectivity index (χ0v) is 20.2. The minimum atomic E-state index is -0.625. The molecule has 0 aliphatic rings. The Morgan fingerprint density at radius 3 is 2.47 bits per heavy atom. The van der Waals surface area contributed by atoms with Gasteiger partial charge in [-0.05, 0) is 68.8 Å². The van der Waals surface area contributed by atoms with E-state index in [1.165, 1.54) is 28.8 Å². The van der Waals surface area contributed by atoms with E-state index in [1.54, 1.807) is 13.2 Å². The van der Waals surface area contributed by atoms with Crippen LogP contribution in [0, 0.1) is 11.6 Å². The quantitative estimate of drug-likeness (QED) is 0.312. The molecule has 8 heteroatoms. The first-order chi connectivity index (χ1) is 16.1. The van der Waals surface area contributed by atoms with E-state index >= 15 is 0 Å². The molecule has 0 aliphatic carbocycles. The first-order valence-electron chi connectivity index (χ1n) is 10.7. The highest BCUT2D eigenvalue weighted by Gasteiger charge is 2.21. The fourth-order valence-electron chi connectivity index (χ4n) is 3.52. The van der Waals surface area contributed by atoms with Crippen molar-refractivity contribution >= 4 is 34.4 Å². The van der Waals surface area contributed by atoms with E-state index in [1.807, 2.05) is 67.9 Å². The van der Waals surface area contributed by atoms with Crippen LogP contribution in [-0.4, -0.2) is 28.3 Å². The van der Waals surface area contributed by atoms with E-state index in [-0.39, 0.29) is 6.54 Å². The van der Waals surface area contributed by atoms with Crippen molar-refractivity contribution in [3.63, 3.8) is 0 Å². The Kier molecular flexibility index (Phi) is 6.61. The molecular weight excluding hydrogens is 456 g/mol. The van der Waals surface area contributed by atoms with Gasteiger partial charge >= 0.3 is 6.09 Å². The summed E-state index contributed by atoms with van der Waals surface area (Å²) in [4.78, 5) is 19.4. The summed E-state index contributed by atoms with van der Waals surface area (Å²) in [7, 11) is 1.65. The highest BCUT2D eigenvalue weighted by Crippen LogP contribution is 2.36. The van der Waals surface area contributed by atoms with E-state index in [2.05, 4.69) is 4.98 Å². The third kappa shape index (κ3) is 5.56. The maximum absolute atomic E-state index is 13.8. The number of pyridine rings is 1. The first-order valence-corrected chi connectivity index (χ1v) is 11.5. The summed E-state index contributed by atoms with van der Waals surface area (Å²) in [6.07, 6.45) is 3.19. The van der Waals surface area contributed by atoms with Gasteiger partial charge in [0.2, 0.25) is 0 Å². The van der Waals surface area contributed by atoms with Crippen LogP contribution in [0.4, 0.5) is 19.3 Å². The fraction of sp³-hybridized carbons (Fsp3) is 0.231. The lowest BCUT2D eigenvalue weighted by Crippen LogP contribution is -2.34. The number of carbonyl (C=O) groups is 1. The van der Waals surface area contributed by atoms with E-state index in [0.29, 0.717) is 11.3 Å². The molecule has 4 rings (SSSR count). The lowest BCUT2D eigenvalue weighted by molar-refractivity contribution is 0.0589. The maximum atomic E-state index is 13.8. The predicted octanol–water partition coefficient (Wildman–Crippen LogP) is 6.89. The van der Waals surface area contributed by atoms with Gasteiger partial charge in [-0.3, -0.25) is 4.90 Å². The Morgan fingerprint density at radius 1 is 1.09 bits per heavy atom. The molecule has 0 bridgehead atoms. The standard InChI is InChI=1S/C26H25F2N3O2S/c1-26(2,3)33-25(32)30(4)20-8-9-21-22(14-20)31(15-17-11-18(27)13-19(28)12-17)16-23(21)34-24-7-5-6-10-29-24/h5-14,16H,15H2,1-4H3. The molecule has 1 amide bonds. The Morgan fingerprint density at radius 2 is 1.82 bits per heavy atom. The summed E-state index contributed by atoms with van der Waals surface area (Å²) in [6.45, 7) is 5.69. The molecule has 0 fully saturated rings. The molecule has 5 nitrogen and oxygen atoms in total. The zero-order chi connectivity index (χ0) is 24.5. The van der Waals surface area contributed by atoms with Crippen LogP contribution in [0.2, 0.25) is 0 Å². The third-order valence-corrected chi connectivity index (χ3v) is 6.01. The van der Waals surface area contributed by atoms with Gasteiger partial charge in [-0.1, -0.05) is 17.8 Å². The minimum Gasteiger partial charge on any atom is -0.443 e. The molecule has 2 aromatic heterocycles. The lowest BCUT2D eigenvalue weighted by atomic mass is 10.2. The van der Waals surface area contributed by atoms with E-state index in [4.69, 9.17) is 4.74 Å². The number of anilines is 1. The number of rotatable bonds is 5. The van der Waals surface area contributed by atoms with Crippen LogP contribution < -0.4 is 4.90 Å². The van der Waals surface area contributed by atoms with Crippen molar-refractivity contribution in [1.29, 1.82) is 0 Å². The van der Waals surface area contributed by atoms with Crippen molar-refractivity contribution in [3.8, 4) is 0 Å². The smallest absolute Gasteiger partial charge is 0.414 e. The van der Waals surface area contributed by atoms with Crippen molar-refractivity contribution < 1.29 is 18.3 Å². The summed E-state index contributed by atoms with van der Waals surface area (Å²) < 4.78 is 35.0. The largest absolute Gasteiger partial charge is 0.443 e. The Bertz CT molecular complexity index is 1310. The second-order valence-corrected chi connectivity index (χ2v) is 9.97. The molecule has 176 valence electrons. The topological polar surface area (TPSA) is 47.4 Å². The van der Waals surface area contributed by atoms with Gasteiger partial charge in [0.15, 0.2) is 0 Å². The second kappa shape index (κ2) is 9.46. The molecule has 0 spiro atoms. The number of hydrogen-bond donors (Lipinski definition) is 0. The van der Waals surface area contributed by atoms with Crippen molar-refractivity contribution in [3.05, 3.63) is 84.2 Å². The number of hydrogen-bond acceptors (Lipinski definition) is 4. The molecule has 0 unspecified atom stereocenters. The highest BCUT2D eigenvalue weighted by molar-refractivity contribution is 7.99. The summed E-state index contributed by atoms with van der Waals surface area (Å²) >= 11 is 1.50. The number of nitrogens with zero attached hydrogens (tertiary/aromatic N) is 3. The van der Waals surface area contributed by atoms with Crippen molar-refractivity contribution in [2.45, 2.75) is 42.8 Å². The van der Waals surface area contributed by atoms with Gasteiger partial charge in [0, 0.05) is 48.0 Å².